The zero-order chi connectivity index (χ0) is 47.5. The Labute approximate surface area is 388 Å². The van der Waals surface area contributed by atoms with Crippen LogP contribution in [0.25, 0.3) is 11.4 Å². The first kappa shape index (κ1) is 45.9. The molecule has 5 aliphatic rings. The molecule has 356 valence electrons. The Balaban J connectivity index is 0.722. The Bertz CT molecular complexity index is 2600. The van der Waals surface area contributed by atoms with Gasteiger partial charge in [0.2, 0.25) is 41.5 Å². The van der Waals surface area contributed by atoms with Crippen LogP contribution in [0.5, 0.6) is 5.75 Å². The van der Waals surface area contributed by atoms with Gasteiger partial charge in [0.05, 0.1) is 29.9 Å². The van der Waals surface area contributed by atoms with E-state index in [0.29, 0.717) is 91.2 Å². The number of aromatic nitrogens is 5. The Hall–Kier alpha value is -7.27. The quantitative estimate of drug-likeness (QED) is 0.180. The van der Waals surface area contributed by atoms with Gasteiger partial charge in [-0.25, -0.2) is 18.7 Å². The lowest BCUT2D eigenvalue weighted by Crippen LogP contribution is -2.54. The lowest BCUT2D eigenvalue weighted by atomic mass is 10.0. The van der Waals surface area contributed by atoms with Crippen molar-refractivity contribution in [2.75, 3.05) is 94.2 Å². The van der Waals surface area contributed by atoms with Crippen molar-refractivity contribution in [1.29, 1.82) is 0 Å². The van der Waals surface area contributed by atoms with E-state index in [1.54, 1.807) is 21.9 Å². The summed E-state index contributed by atoms with van der Waals surface area (Å²) in [4.78, 5) is 109. The molecule has 9 rings (SSSR count). The second kappa shape index (κ2) is 19.9. The van der Waals surface area contributed by atoms with Gasteiger partial charge in [0.25, 0.3) is 18.2 Å². The van der Waals surface area contributed by atoms with Crippen LogP contribution in [0.3, 0.4) is 0 Å². The van der Waals surface area contributed by atoms with Crippen LogP contribution in [0.2, 0.25) is 0 Å². The molecule has 7 heterocycles. The molecule has 68 heavy (non-hydrogen) atoms. The van der Waals surface area contributed by atoms with E-state index in [1.165, 1.54) is 12.3 Å². The van der Waals surface area contributed by atoms with Crippen molar-refractivity contribution in [2.45, 2.75) is 51.3 Å². The number of nitrogens with two attached hydrogens (primary N) is 1. The third kappa shape index (κ3) is 9.88. The van der Waals surface area contributed by atoms with Gasteiger partial charge in [-0.1, -0.05) is 30.3 Å². The van der Waals surface area contributed by atoms with Crippen molar-refractivity contribution in [2.24, 2.45) is 0 Å². The van der Waals surface area contributed by atoms with Gasteiger partial charge in [-0.2, -0.15) is 15.0 Å². The molecule has 0 bridgehead atoms. The van der Waals surface area contributed by atoms with Crippen LogP contribution in [0, 0.1) is 0 Å². The standard InChI is InChI=1S/C45H49F2N13O8/c46-38(47)37-30(24-49-43(48)51-37)39-52-44(54-45(53-39)59-20-22-67-23-21-59)58-18-16-57(17-19-58)35(63)11-10-34(62)56-14-12-55(13-15-56)25-27-4-6-28(7-5-27)26-68-32-3-1-2-29-36(32)42(66)60(41(29)65)31-8-9-33(61)50-40(31)64/h1-7,24,31,38H,8-23,25-26H2,(H2,48,49,51)(H,50,61,64). The highest BCUT2D eigenvalue weighted by atomic mass is 19.3. The number of carbonyl (C=O) groups is 6. The Morgan fingerprint density at radius 1 is 0.765 bits per heavy atom. The smallest absolute Gasteiger partial charge is 0.281 e. The highest BCUT2D eigenvalue weighted by Crippen LogP contribution is 2.34. The number of benzene rings is 2. The van der Waals surface area contributed by atoms with Crippen LogP contribution in [0.15, 0.2) is 48.7 Å². The summed E-state index contributed by atoms with van der Waals surface area (Å²) in [5.41, 5.74) is 7.11. The molecule has 4 aromatic rings. The monoisotopic (exact) mass is 937 g/mol. The number of nitrogens with zero attached hydrogens (tertiary/aromatic N) is 11. The lowest BCUT2D eigenvalue weighted by Gasteiger charge is -2.36. The second-order valence-corrected chi connectivity index (χ2v) is 16.9. The van der Waals surface area contributed by atoms with Crippen LogP contribution in [0.4, 0.5) is 26.6 Å². The third-order valence-electron chi connectivity index (χ3n) is 12.6. The lowest BCUT2D eigenvalue weighted by molar-refractivity contribution is -0.138. The molecule has 0 radical (unpaired) electrons. The van der Waals surface area contributed by atoms with Crippen molar-refractivity contribution in [3.8, 4) is 17.1 Å². The molecular formula is C45H49F2N13O8. The number of ether oxygens (including phenoxy) is 2. The minimum atomic E-state index is -2.94. The van der Waals surface area contributed by atoms with Gasteiger partial charge >= 0.3 is 0 Å². The summed E-state index contributed by atoms with van der Waals surface area (Å²) >= 11 is 0. The molecule has 2 aromatic heterocycles. The van der Waals surface area contributed by atoms with E-state index >= 15 is 0 Å². The van der Waals surface area contributed by atoms with Gasteiger partial charge in [-0.3, -0.25) is 43.9 Å². The molecule has 0 aliphatic carbocycles. The molecule has 4 saturated heterocycles. The van der Waals surface area contributed by atoms with E-state index < -0.39 is 41.8 Å². The number of nitrogen functional groups attached to an aromatic ring is 1. The van der Waals surface area contributed by atoms with E-state index in [1.807, 2.05) is 34.1 Å². The van der Waals surface area contributed by atoms with Crippen molar-refractivity contribution in [3.63, 3.8) is 0 Å². The molecule has 23 heteroatoms. The van der Waals surface area contributed by atoms with Crippen LogP contribution >= 0.6 is 0 Å². The van der Waals surface area contributed by atoms with E-state index in [4.69, 9.17) is 15.2 Å². The van der Waals surface area contributed by atoms with Gasteiger partial charge in [0.1, 0.15) is 24.1 Å². The summed E-state index contributed by atoms with van der Waals surface area (Å²) < 4.78 is 39.6. The first-order chi connectivity index (χ1) is 32.9. The fraction of sp³-hybridized carbons (Fsp3) is 0.444. The maximum atomic E-state index is 14.0. The number of anilines is 3. The number of fused-ring (bicyclic) bond motifs is 1. The van der Waals surface area contributed by atoms with Crippen molar-refractivity contribution in [1.82, 2.24) is 49.8 Å². The maximum absolute atomic E-state index is 14.0. The zero-order valence-electron chi connectivity index (χ0n) is 37.0. The number of halogens is 2. The first-order valence-corrected chi connectivity index (χ1v) is 22.5. The van der Waals surface area contributed by atoms with Crippen LogP contribution < -0.4 is 25.6 Å². The summed E-state index contributed by atoms with van der Waals surface area (Å²) in [7, 11) is 0. The number of hydrogen-bond donors (Lipinski definition) is 2. The van der Waals surface area contributed by atoms with E-state index in [-0.39, 0.29) is 84.3 Å². The molecule has 5 aliphatic heterocycles. The minimum Gasteiger partial charge on any atom is -0.488 e. The molecule has 1 atom stereocenters. The molecule has 6 amide bonds. The second-order valence-electron chi connectivity index (χ2n) is 16.9. The van der Waals surface area contributed by atoms with E-state index in [2.05, 4.69) is 35.1 Å². The molecule has 0 saturated carbocycles. The number of amides is 6. The summed E-state index contributed by atoms with van der Waals surface area (Å²) in [6.07, 6.45) is -1.51. The Kier molecular flexibility index (Phi) is 13.4. The Morgan fingerprint density at radius 2 is 1.40 bits per heavy atom. The zero-order valence-corrected chi connectivity index (χ0v) is 37.0. The summed E-state index contributed by atoms with van der Waals surface area (Å²) in [5, 5.41) is 2.20. The molecule has 21 nitrogen and oxygen atoms in total. The number of piperazine rings is 2. The van der Waals surface area contributed by atoms with Crippen molar-refractivity contribution >= 4 is 53.3 Å². The topological polar surface area (TPSA) is 243 Å². The highest BCUT2D eigenvalue weighted by Gasteiger charge is 2.46. The predicted molar refractivity (Wildman–Crippen MR) is 237 cm³/mol. The number of carbonyl (C=O) groups excluding carboxylic acids is 6. The molecule has 3 N–H and O–H groups in total. The fourth-order valence-corrected chi connectivity index (χ4v) is 8.87. The summed E-state index contributed by atoms with van der Waals surface area (Å²) in [6, 6.07) is 11.5. The highest BCUT2D eigenvalue weighted by molar-refractivity contribution is 6.24. The van der Waals surface area contributed by atoms with Gasteiger partial charge in [0.15, 0.2) is 5.82 Å². The molecule has 2 aromatic carbocycles. The van der Waals surface area contributed by atoms with E-state index in [9.17, 15) is 37.5 Å². The first-order valence-electron chi connectivity index (χ1n) is 22.5. The normalized spacial score (nSPS) is 19.2. The Morgan fingerprint density at radius 3 is 2.04 bits per heavy atom. The number of alkyl halides is 2. The predicted octanol–water partition coefficient (Wildman–Crippen LogP) is 1.44. The largest absolute Gasteiger partial charge is 0.488 e. The van der Waals surface area contributed by atoms with Crippen molar-refractivity contribution in [3.05, 3.63) is 76.6 Å². The van der Waals surface area contributed by atoms with Gasteiger partial charge in [-0.15, -0.1) is 0 Å². The van der Waals surface area contributed by atoms with Crippen LogP contribution in [0.1, 0.15) is 69.6 Å². The minimum absolute atomic E-state index is 0.0136. The summed E-state index contributed by atoms with van der Waals surface area (Å²) in [5.74, 6) is -2.07. The van der Waals surface area contributed by atoms with E-state index in [0.717, 1.165) is 16.0 Å². The number of hydrogen-bond acceptors (Lipinski definition) is 17. The SMILES string of the molecule is Nc1ncc(-c2nc(N3CCOCC3)nc(N3CCN(C(=O)CCC(=O)N4CCN(Cc5ccc(COc6cccc7c6C(=O)N(C6CCC(=O)NC6=O)C7=O)cc5)CC4)CC3)n2)c(C(F)F)n1. The summed E-state index contributed by atoms with van der Waals surface area (Å²) in [6.45, 7) is 6.55. The van der Waals surface area contributed by atoms with Gasteiger partial charge < -0.3 is 34.8 Å². The van der Waals surface area contributed by atoms with Crippen LogP contribution in [-0.2, 0) is 37.1 Å². The number of nitrogens with one attached hydrogen (secondary N) is 1. The maximum Gasteiger partial charge on any atom is 0.281 e. The third-order valence-corrected chi connectivity index (χ3v) is 12.6. The average Bonchev–Trinajstić information content (AvgIpc) is 3.61. The fourth-order valence-electron chi connectivity index (χ4n) is 8.87. The molecule has 4 fully saturated rings. The van der Waals surface area contributed by atoms with Gasteiger partial charge in [-0.05, 0) is 29.7 Å². The number of piperidine rings is 1. The number of rotatable bonds is 13. The molecule has 1 unspecified atom stereocenters. The molecule has 0 spiro atoms. The number of imide groups is 2. The molecular weight excluding hydrogens is 889 g/mol. The van der Waals surface area contributed by atoms with Crippen LogP contribution in [-0.4, -0.2) is 165 Å². The van der Waals surface area contributed by atoms with Gasteiger partial charge in [0, 0.05) is 97.5 Å². The van der Waals surface area contributed by atoms with Crippen molar-refractivity contribution < 1.29 is 47.0 Å². The number of morpholine rings is 1. The average molecular weight is 938 g/mol.